The van der Waals surface area contributed by atoms with Crippen molar-refractivity contribution in [2.45, 2.75) is 44.2 Å². The Kier molecular flexibility index (Phi) is 4.80. The van der Waals surface area contributed by atoms with Crippen LogP contribution in [0.2, 0.25) is 0 Å². The van der Waals surface area contributed by atoms with E-state index >= 15 is 0 Å². The second-order valence-electron chi connectivity index (χ2n) is 5.01. The van der Waals surface area contributed by atoms with E-state index in [0.717, 1.165) is 24.2 Å². The van der Waals surface area contributed by atoms with Crippen LogP contribution in [0.25, 0.3) is 0 Å². The first-order valence-corrected chi connectivity index (χ1v) is 6.78. The maximum absolute atomic E-state index is 11.3. The average molecular weight is 263 g/mol. The van der Waals surface area contributed by atoms with E-state index in [1.165, 1.54) is 20.0 Å². The molecule has 0 aliphatic heterocycles. The molecule has 104 valence electrons. The summed E-state index contributed by atoms with van der Waals surface area (Å²) in [5.41, 5.74) is 6.75. The Morgan fingerprint density at radius 3 is 2.84 bits per heavy atom. The molecule has 0 amide bonds. The summed E-state index contributed by atoms with van der Waals surface area (Å²) in [4.78, 5) is 11.3. The van der Waals surface area contributed by atoms with E-state index in [2.05, 4.69) is 4.74 Å². The largest absolute Gasteiger partial charge is 0.490 e. The summed E-state index contributed by atoms with van der Waals surface area (Å²) < 4.78 is 10.6. The summed E-state index contributed by atoms with van der Waals surface area (Å²) in [6.45, 7) is 0. The van der Waals surface area contributed by atoms with E-state index in [-0.39, 0.29) is 5.97 Å². The van der Waals surface area contributed by atoms with Gasteiger partial charge >= 0.3 is 5.97 Å². The smallest absolute Gasteiger partial charge is 0.322 e. The first-order chi connectivity index (χ1) is 9.19. The normalized spacial score (nSPS) is 17.2. The molecular formula is C15H21NO3. The van der Waals surface area contributed by atoms with Crippen LogP contribution in [0.4, 0.5) is 0 Å². The second-order valence-corrected chi connectivity index (χ2v) is 5.01. The van der Waals surface area contributed by atoms with E-state index in [1.54, 1.807) is 0 Å². The molecule has 1 aromatic carbocycles. The van der Waals surface area contributed by atoms with Gasteiger partial charge in [-0.15, -0.1) is 0 Å². The van der Waals surface area contributed by atoms with Gasteiger partial charge < -0.3 is 15.2 Å². The van der Waals surface area contributed by atoms with Crippen LogP contribution < -0.4 is 10.5 Å². The molecule has 0 heterocycles. The van der Waals surface area contributed by atoms with Gasteiger partial charge in [-0.3, -0.25) is 4.79 Å². The Bertz CT molecular complexity index is 427. The topological polar surface area (TPSA) is 61.5 Å². The minimum Gasteiger partial charge on any atom is -0.490 e. The van der Waals surface area contributed by atoms with Crippen molar-refractivity contribution in [1.29, 1.82) is 0 Å². The third-order valence-electron chi connectivity index (χ3n) is 3.46. The van der Waals surface area contributed by atoms with Crippen molar-refractivity contribution in [3.8, 4) is 5.75 Å². The van der Waals surface area contributed by atoms with Gasteiger partial charge in [0.2, 0.25) is 0 Å². The van der Waals surface area contributed by atoms with Crippen LogP contribution in [0, 0.1) is 0 Å². The zero-order valence-electron chi connectivity index (χ0n) is 11.3. The van der Waals surface area contributed by atoms with Crippen molar-refractivity contribution < 1.29 is 14.3 Å². The number of nitrogens with two attached hydrogens (primary N) is 1. The van der Waals surface area contributed by atoms with Crippen LogP contribution in [0.1, 0.15) is 31.2 Å². The molecule has 1 atom stereocenters. The van der Waals surface area contributed by atoms with Crippen LogP contribution in [-0.2, 0) is 16.0 Å². The van der Waals surface area contributed by atoms with Crippen molar-refractivity contribution in [1.82, 2.24) is 0 Å². The maximum Gasteiger partial charge on any atom is 0.322 e. The molecule has 0 saturated heterocycles. The van der Waals surface area contributed by atoms with Crippen LogP contribution >= 0.6 is 0 Å². The van der Waals surface area contributed by atoms with Crippen molar-refractivity contribution in [3.05, 3.63) is 29.8 Å². The van der Waals surface area contributed by atoms with Crippen molar-refractivity contribution in [3.63, 3.8) is 0 Å². The molecule has 1 aliphatic carbocycles. The standard InChI is InChI=1S/C15H21NO3/c1-18-15(17)14(16)10-11-5-4-8-13(9-11)19-12-6-2-3-7-12/h4-5,8-9,12,14H,2-3,6-7,10,16H2,1H3. The second kappa shape index (κ2) is 6.57. The molecule has 19 heavy (non-hydrogen) atoms. The SMILES string of the molecule is COC(=O)C(N)Cc1cccc(OC2CCCC2)c1. The number of hydrogen-bond donors (Lipinski definition) is 1. The summed E-state index contributed by atoms with van der Waals surface area (Å²) in [6.07, 6.45) is 5.56. The highest BCUT2D eigenvalue weighted by atomic mass is 16.5. The number of esters is 1. The fraction of sp³-hybridized carbons (Fsp3) is 0.533. The summed E-state index contributed by atoms with van der Waals surface area (Å²) in [7, 11) is 1.35. The molecule has 4 nitrogen and oxygen atoms in total. The Morgan fingerprint density at radius 1 is 1.42 bits per heavy atom. The molecule has 1 unspecified atom stereocenters. The van der Waals surface area contributed by atoms with E-state index < -0.39 is 6.04 Å². The lowest BCUT2D eigenvalue weighted by atomic mass is 10.1. The molecule has 2 rings (SSSR count). The zero-order chi connectivity index (χ0) is 13.7. The number of hydrogen-bond acceptors (Lipinski definition) is 4. The van der Waals surface area contributed by atoms with Gasteiger partial charge in [-0.05, 0) is 49.8 Å². The predicted molar refractivity (Wildman–Crippen MR) is 73.0 cm³/mol. The highest BCUT2D eigenvalue weighted by Gasteiger charge is 2.17. The lowest BCUT2D eigenvalue weighted by Crippen LogP contribution is -2.33. The summed E-state index contributed by atoms with van der Waals surface area (Å²) in [6, 6.07) is 7.17. The molecule has 1 aromatic rings. The Balaban J connectivity index is 1.96. The predicted octanol–water partition coefficient (Wildman–Crippen LogP) is 2.05. The Labute approximate surface area is 113 Å². The van der Waals surface area contributed by atoms with E-state index in [0.29, 0.717) is 12.5 Å². The highest BCUT2D eigenvalue weighted by Crippen LogP contribution is 2.24. The third kappa shape index (κ3) is 3.96. The number of carbonyl (C=O) groups excluding carboxylic acids is 1. The molecule has 1 aliphatic rings. The number of benzene rings is 1. The van der Waals surface area contributed by atoms with Crippen LogP contribution in [0.3, 0.4) is 0 Å². The number of rotatable bonds is 5. The number of carbonyl (C=O) groups is 1. The van der Waals surface area contributed by atoms with Gasteiger partial charge in [0.25, 0.3) is 0 Å². The first kappa shape index (κ1) is 13.9. The maximum atomic E-state index is 11.3. The van der Waals surface area contributed by atoms with Crippen molar-refractivity contribution in [2.75, 3.05) is 7.11 Å². The lowest BCUT2D eigenvalue weighted by molar-refractivity contribution is -0.142. The van der Waals surface area contributed by atoms with E-state index in [9.17, 15) is 4.79 Å². The summed E-state index contributed by atoms with van der Waals surface area (Å²) in [5, 5.41) is 0. The monoisotopic (exact) mass is 263 g/mol. The van der Waals surface area contributed by atoms with Gasteiger partial charge in [0.15, 0.2) is 0 Å². The Morgan fingerprint density at radius 2 is 2.16 bits per heavy atom. The van der Waals surface area contributed by atoms with Gasteiger partial charge in [0, 0.05) is 0 Å². The van der Waals surface area contributed by atoms with Gasteiger partial charge in [0.1, 0.15) is 11.8 Å². The molecular weight excluding hydrogens is 242 g/mol. The number of ether oxygens (including phenoxy) is 2. The first-order valence-electron chi connectivity index (χ1n) is 6.78. The fourth-order valence-electron chi connectivity index (χ4n) is 2.43. The quantitative estimate of drug-likeness (QED) is 0.826. The van der Waals surface area contributed by atoms with Crippen molar-refractivity contribution >= 4 is 5.97 Å². The minimum atomic E-state index is -0.619. The van der Waals surface area contributed by atoms with Gasteiger partial charge in [-0.1, -0.05) is 12.1 Å². The molecule has 1 saturated carbocycles. The molecule has 0 radical (unpaired) electrons. The molecule has 2 N–H and O–H groups in total. The summed E-state index contributed by atoms with van der Waals surface area (Å²) in [5.74, 6) is 0.476. The van der Waals surface area contributed by atoms with Gasteiger partial charge in [-0.25, -0.2) is 0 Å². The van der Waals surface area contributed by atoms with Crippen molar-refractivity contribution in [2.24, 2.45) is 5.73 Å². The molecule has 0 bridgehead atoms. The van der Waals surface area contributed by atoms with E-state index in [4.69, 9.17) is 10.5 Å². The molecule has 1 fully saturated rings. The third-order valence-corrected chi connectivity index (χ3v) is 3.46. The minimum absolute atomic E-state index is 0.338. The van der Waals surface area contributed by atoms with Crippen LogP contribution in [0.15, 0.2) is 24.3 Å². The van der Waals surface area contributed by atoms with Gasteiger partial charge in [-0.2, -0.15) is 0 Å². The van der Waals surface area contributed by atoms with Gasteiger partial charge in [0.05, 0.1) is 13.2 Å². The molecule has 0 spiro atoms. The molecule has 4 heteroatoms. The van der Waals surface area contributed by atoms with E-state index in [1.807, 2.05) is 24.3 Å². The molecule has 0 aromatic heterocycles. The van der Waals surface area contributed by atoms with Crippen LogP contribution in [-0.4, -0.2) is 25.2 Å². The fourth-order valence-corrected chi connectivity index (χ4v) is 2.43. The van der Waals surface area contributed by atoms with Crippen LogP contribution in [0.5, 0.6) is 5.75 Å². The highest BCUT2D eigenvalue weighted by molar-refractivity contribution is 5.75. The average Bonchev–Trinajstić information content (AvgIpc) is 2.91. The lowest BCUT2D eigenvalue weighted by Gasteiger charge is -2.14. The number of methoxy groups -OCH3 is 1. The zero-order valence-corrected chi connectivity index (χ0v) is 11.3. The Hall–Kier alpha value is -1.55. The summed E-state index contributed by atoms with van der Waals surface area (Å²) >= 11 is 0.